The van der Waals surface area contributed by atoms with Gasteiger partial charge in [0.15, 0.2) is 9.84 Å². The maximum atomic E-state index is 12.2. The van der Waals surface area contributed by atoms with Crippen LogP contribution in [0.15, 0.2) is 23.1 Å². The average Bonchev–Trinajstić information content (AvgIpc) is 2.23. The van der Waals surface area contributed by atoms with Crippen molar-refractivity contribution in [1.29, 1.82) is 0 Å². The molecule has 1 N–H and O–H groups in total. The molecule has 0 fully saturated rings. The van der Waals surface area contributed by atoms with Gasteiger partial charge in [-0.1, -0.05) is 17.7 Å². The van der Waals surface area contributed by atoms with Crippen molar-refractivity contribution in [2.24, 2.45) is 0 Å². The molecule has 3 nitrogen and oxygen atoms in total. The van der Waals surface area contributed by atoms with Crippen LogP contribution in [0.1, 0.15) is 18.9 Å². The number of rotatable bonds is 5. The van der Waals surface area contributed by atoms with Crippen LogP contribution in [-0.4, -0.2) is 26.9 Å². The Kier molecular flexibility index (Phi) is 5.46. The highest BCUT2D eigenvalue weighted by atomic mass is 35.5. The summed E-state index contributed by atoms with van der Waals surface area (Å²) in [6.07, 6.45) is -4.24. The van der Waals surface area contributed by atoms with Crippen LogP contribution in [-0.2, 0) is 16.4 Å². The molecule has 1 atom stereocenters. The molecule has 20 heavy (non-hydrogen) atoms. The van der Waals surface area contributed by atoms with Crippen LogP contribution >= 0.6 is 11.6 Å². The summed E-state index contributed by atoms with van der Waals surface area (Å²) in [7, 11) is -3.49. The van der Waals surface area contributed by atoms with Gasteiger partial charge in [0, 0.05) is 29.4 Å². The first kappa shape index (κ1) is 17.3. The van der Waals surface area contributed by atoms with Gasteiger partial charge < -0.3 is 5.32 Å². The van der Waals surface area contributed by atoms with Gasteiger partial charge in [-0.2, -0.15) is 13.2 Å². The van der Waals surface area contributed by atoms with Crippen molar-refractivity contribution in [3.63, 3.8) is 0 Å². The number of hydrogen-bond acceptors (Lipinski definition) is 3. The van der Waals surface area contributed by atoms with E-state index in [2.05, 4.69) is 5.32 Å². The topological polar surface area (TPSA) is 46.2 Å². The SMILES string of the molecule is CC(CC(F)(F)F)NCc1c(Cl)cccc1S(C)(=O)=O. The third-order valence-corrected chi connectivity index (χ3v) is 4.18. The quantitative estimate of drug-likeness (QED) is 0.902. The van der Waals surface area contributed by atoms with Gasteiger partial charge in [-0.25, -0.2) is 8.42 Å². The van der Waals surface area contributed by atoms with Crippen LogP contribution in [0.5, 0.6) is 0 Å². The standard InChI is InChI=1S/C12H15ClF3NO2S/c1-8(6-12(14,15)16)17-7-9-10(13)4-3-5-11(9)20(2,18)19/h3-5,8,17H,6-7H2,1-2H3. The zero-order chi connectivity index (χ0) is 15.6. The minimum absolute atomic E-state index is 0.0247. The molecular formula is C12H15ClF3NO2S. The Morgan fingerprint density at radius 2 is 1.95 bits per heavy atom. The van der Waals surface area contributed by atoms with E-state index >= 15 is 0 Å². The van der Waals surface area contributed by atoms with Gasteiger partial charge in [0.2, 0.25) is 0 Å². The van der Waals surface area contributed by atoms with Crippen molar-refractivity contribution in [1.82, 2.24) is 5.32 Å². The first-order valence-corrected chi connectivity index (χ1v) is 8.05. The lowest BCUT2D eigenvalue weighted by atomic mass is 10.2. The van der Waals surface area contributed by atoms with Gasteiger partial charge in [0.05, 0.1) is 11.3 Å². The lowest BCUT2D eigenvalue weighted by Gasteiger charge is -2.17. The van der Waals surface area contributed by atoms with Gasteiger partial charge in [0.1, 0.15) is 0 Å². The van der Waals surface area contributed by atoms with Crippen LogP contribution in [0.25, 0.3) is 0 Å². The Morgan fingerprint density at radius 3 is 2.45 bits per heavy atom. The zero-order valence-corrected chi connectivity index (χ0v) is 12.5. The Hall–Kier alpha value is -0.790. The van der Waals surface area contributed by atoms with E-state index in [-0.39, 0.29) is 22.0 Å². The third kappa shape index (κ3) is 5.30. The highest BCUT2D eigenvalue weighted by Gasteiger charge is 2.30. The molecule has 1 unspecified atom stereocenters. The minimum atomic E-state index is -4.27. The van der Waals surface area contributed by atoms with Gasteiger partial charge in [-0.3, -0.25) is 0 Å². The Balaban J connectivity index is 2.88. The number of hydrogen-bond donors (Lipinski definition) is 1. The molecule has 0 spiro atoms. The summed E-state index contributed by atoms with van der Waals surface area (Å²) in [5, 5.41) is 2.85. The smallest absolute Gasteiger partial charge is 0.310 e. The molecule has 1 rings (SSSR count). The second-order valence-corrected chi connectivity index (χ2v) is 6.98. The van der Waals surface area contributed by atoms with Crippen molar-refractivity contribution >= 4 is 21.4 Å². The van der Waals surface area contributed by atoms with Crippen molar-refractivity contribution in [2.45, 2.75) is 37.0 Å². The largest absolute Gasteiger partial charge is 0.390 e. The predicted molar refractivity (Wildman–Crippen MR) is 71.5 cm³/mol. The minimum Gasteiger partial charge on any atom is -0.310 e. The van der Waals surface area contributed by atoms with Gasteiger partial charge >= 0.3 is 6.18 Å². The van der Waals surface area contributed by atoms with E-state index in [9.17, 15) is 21.6 Å². The summed E-state index contributed by atoms with van der Waals surface area (Å²) in [6.45, 7) is 1.34. The Morgan fingerprint density at radius 1 is 1.35 bits per heavy atom. The molecule has 1 aromatic rings. The normalized spacial score (nSPS) is 14.3. The lowest BCUT2D eigenvalue weighted by Crippen LogP contribution is -2.31. The maximum absolute atomic E-state index is 12.2. The zero-order valence-electron chi connectivity index (χ0n) is 11.0. The van der Waals surface area contributed by atoms with Gasteiger partial charge in [0.25, 0.3) is 0 Å². The molecule has 0 saturated heterocycles. The highest BCUT2D eigenvalue weighted by molar-refractivity contribution is 7.90. The van der Waals surface area contributed by atoms with Crippen molar-refractivity contribution < 1.29 is 21.6 Å². The number of sulfone groups is 1. The molecule has 0 saturated carbocycles. The Bertz CT molecular complexity index is 573. The molecule has 0 aliphatic rings. The van der Waals surface area contributed by atoms with Crippen molar-refractivity contribution in [3.8, 4) is 0 Å². The number of benzene rings is 1. The second-order valence-electron chi connectivity index (χ2n) is 4.59. The van der Waals surface area contributed by atoms with E-state index in [0.717, 1.165) is 6.26 Å². The molecule has 0 aliphatic heterocycles. The predicted octanol–water partition coefficient (Wildman–Crippen LogP) is 3.17. The average molecular weight is 330 g/mol. The summed E-state index contributed by atoms with van der Waals surface area (Å²) in [4.78, 5) is 0.0247. The number of nitrogens with one attached hydrogen (secondary N) is 1. The van der Waals surface area contributed by atoms with Crippen LogP contribution in [0.3, 0.4) is 0 Å². The molecule has 0 radical (unpaired) electrons. The summed E-state index contributed by atoms with van der Waals surface area (Å²) < 4.78 is 59.9. The maximum Gasteiger partial charge on any atom is 0.390 e. The van der Waals surface area contributed by atoms with Gasteiger partial charge in [-0.05, 0) is 19.1 Å². The first-order chi connectivity index (χ1) is 9.00. The van der Waals surface area contributed by atoms with E-state index in [0.29, 0.717) is 0 Å². The molecule has 0 amide bonds. The summed E-state index contributed by atoms with van der Waals surface area (Å²) in [5.41, 5.74) is 0.283. The van der Waals surface area contributed by atoms with Crippen LogP contribution < -0.4 is 5.32 Å². The molecule has 0 heterocycles. The first-order valence-electron chi connectivity index (χ1n) is 5.78. The lowest BCUT2D eigenvalue weighted by molar-refractivity contribution is -0.139. The number of halogens is 4. The van der Waals surface area contributed by atoms with E-state index in [1.165, 1.54) is 25.1 Å². The van der Waals surface area contributed by atoms with E-state index < -0.39 is 28.5 Å². The summed E-state index contributed by atoms with van der Waals surface area (Å²) in [6, 6.07) is 3.54. The van der Waals surface area contributed by atoms with Gasteiger partial charge in [-0.15, -0.1) is 0 Å². The molecule has 1 aromatic carbocycles. The van der Waals surface area contributed by atoms with Crippen LogP contribution in [0.4, 0.5) is 13.2 Å². The molecular weight excluding hydrogens is 315 g/mol. The number of alkyl halides is 3. The third-order valence-electron chi connectivity index (χ3n) is 2.64. The van der Waals surface area contributed by atoms with E-state index in [4.69, 9.17) is 11.6 Å². The van der Waals surface area contributed by atoms with Crippen LogP contribution in [0, 0.1) is 0 Å². The fraction of sp³-hybridized carbons (Fsp3) is 0.500. The van der Waals surface area contributed by atoms with Crippen molar-refractivity contribution in [2.75, 3.05) is 6.26 Å². The molecule has 114 valence electrons. The fourth-order valence-corrected chi connectivity index (χ4v) is 3.01. The van der Waals surface area contributed by atoms with Crippen molar-refractivity contribution in [3.05, 3.63) is 28.8 Å². The summed E-state index contributed by atoms with van der Waals surface area (Å²) >= 11 is 5.93. The van der Waals surface area contributed by atoms with E-state index in [1.54, 1.807) is 0 Å². The second kappa shape index (κ2) is 6.32. The molecule has 8 heteroatoms. The highest BCUT2D eigenvalue weighted by Crippen LogP contribution is 2.25. The Labute approximate surface area is 121 Å². The molecule has 0 aromatic heterocycles. The van der Waals surface area contributed by atoms with E-state index in [1.807, 2.05) is 0 Å². The monoisotopic (exact) mass is 329 g/mol. The molecule has 0 bridgehead atoms. The summed E-state index contributed by atoms with van der Waals surface area (Å²) in [5.74, 6) is 0. The molecule has 0 aliphatic carbocycles. The van der Waals surface area contributed by atoms with Crippen LogP contribution in [0.2, 0.25) is 5.02 Å². The fourth-order valence-electron chi connectivity index (χ4n) is 1.75.